The Kier molecular flexibility index (Phi) is 4.89. The third-order valence-electron chi connectivity index (χ3n) is 12.8. The minimum absolute atomic E-state index is 0.0707. The number of carboxylic acids is 1. The van der Waals surface area contributed by atoms with Crippen LogP contribution in [0.15, 0.2) is 11.6 Å². The van der Waals surface area contributed by atoms with Crippen LogP contribution in [0.1, 0.15) is 106 Å². The average molecular weight is 469 g/mol. The molecule has 0 unspecified atom stereocenters. The molecule has 0 radical (unpaired) electrons. The van der Waals surface area contributed by atoms with Crippen LogP contribution in [0.25, 0.3) is 0 Å². The van der Waals surface area contributed by atoms with Crippen molar-refractivity contribution in [2.75, 3.05) is 0 Å². The zero-order valence-electron chi connectivity index (χ0n) is 22.3. The Labute approximate surface area is 205 Å². The summed E-state index contributed by atoms with van der Waals surface area (Å²) in [6.07, 6.45) is 9.78. The Morgan fingerprint density at radius 2 is 1.56 bits per heavy atom. The summed E-state index contributed by atoms with van der Waals surface area (Å²) in [7, 11) is 0. The lowest BCUT2D eigenvalue weighted by Gasteiger charge is -2.69. The first-order valence-corrected chi connectivity index (χ1v) is 13.6. The van der Waals surface area contributed by atoms with Crippen LogP contribution >= 0.6 is 0 Å². The van der Waals surface area contributed by atoms with Crippen LogP contribution in [-0.4, -0.2) is 22.6 Å². The van der Waals surface area contributed by atoms with Gasteiger partial charge in [-0.3, -0.25) is 14.4 Å². The van der Waals surface area contributed by atoms with Crippen molar-refractivity contribution in [1.29, 1.82) is 0 Å². The van der Waals surface area contributed by atoms with Gasteiger partial charge in [-0.2, -0.15) is 0 Å². The lowest BCUT2D eigenvalue weighted by atomic mass is 9.33. The first-order chi connectivity index (χ1) is 15.6. The third-order valence-corrected chi connectivity index (χ3v) is 12.8. The van der Waals surface area contributed by atoms with Crippen LogP contribution in [0.4, 0.5) is 0 Å². The molecule has 4 heteroatoms. The number of carbonyl (C=O) groups is 3. The maximum Gasteiger partial charge on any atom is 0.309 e. The number of Topliss-reactive ketones (excluding diaryl/α,β-unsaturated/α-hetero) is 1. The molecule has 5 aliphatic rings. The molecule has 0 bridgehead atoms. The van der Waals surface area contributed by atoms with E-state index in [0.29, 0.717) is 18.6 Å². The molecule has 4 fully saturated rings. The summed E-state index contributed by atoms with van der Waals surface area (Å²) in [5.74, 6) is 0.222. The molecule has 0 spiro atoms. The Bertz CT molecular complexity index is 1010. The Morgan fingerprint density at radius 1 is 0.912 bits per heavy atom. The largest absolute Gasteiger partial charge is 0.481 e. The third kappa shape index (κ3) is 2.75. The van der Waals surface area contributed by atoms with Gasteiger partial charge in [0.25, 0.3) is 0 Å². The number of hydrogen-bond donors (Lipinski definition) is 1. The summed E-state index contributed by atoms with van der Waals surface area (Å²) in [5.41, 5.74) is -0.205. The van der Waals surface area contributed by atoms with Crippen LogP contribution in [0.2, 0.25) is 0 Å². The molecule has 4 saturated carbocycles. The molecule has 1 N–H and O–H groups in total. The van der Waals surface area contributed by atoms with E-state index in [0.717, 1.165) is 44.9 Å². The van der Waals surface area contributed by atoms with Gasteiger partial charge >= 0.3 is 5.97 Å². The highest BCUT2D eigenvalue weighted by molar-refractivity contribution is 5.96. The van der Waals surface area contributed by atoms with E-state index in [1.54, 1.807) is 0 Å². The molecule has 188 valence electrons. The molecule has 0 heterocycles. The van der Waals surface area contributed by atoms with Gasteiger partial charge in [-0.1, -0.05) is 47.1 Å². The van der Waals surface area contributed by atoms with Crippen LogP contribution in [0.5, 0.6) is 0 Å². The van der Waals surface area contributed by atoms with Gasteiger partial charge < -0.3 is 5.11 Å². The Balaban J connectivity index is 1.63. The van der Waals surface area contributed by atoms with E-state index in [9.17, 15) is 19.5 Å². The molecule has 5 rings (SSSR count). The second-order valence-electron chi connectivity index (χ2n) is 14.7. The second-order valence-corrected chi connectivity index (χ2v) is 14.7. The highest BCUT2D eigenvalue weighted by Gasteiger charge is 2.70. The highest BCUT2D eigenvalue weighted by atomic mass is 16.4. The van der Waals surface area contributed by atoms with Gasteiger partial charge in [0.1, 0.15) is 5.78 Å². The molecule has 34 heavy (non-hydrogen) atoms. The quantitative estimate of drug-likeness (QED) is 0.469. The second kappa shape index (κ2) is 6.85. The molecule has 0 aliphatic heterocycles. The van der Waals surface area contributed by atoms with E-state index < -0.39 is 11.4 Å². The smallest absolute Gasteiger partial charge is 0.309 e. The maximum absolute atomic E-state index is 14.2. The first kappa shape index (κ1) is 24.3. The van der Waals surface area contributed by atoms with E-state index >= 15 is 0 Å². The van der Waals surface area contributed by atoms with Crippen molar-refractivity contribution in [3.63, 3.8) is 0 Å². The number of allylic oxidation sites excluding steroid dienone is 2. The minimum Gasteiger partial charge on any atom is -0.481 e. The van der Waals surface area contributed by atoms with Crippen molar-refractivity contribution in [3.05, 3.63) is 11.6 Å². The Hall–Kier alpha value is -1.45. The van der Waals surface area contributed by atoms with Gasteiger partial charge in [-0.25, -0.2) is 0 Å². The van der Waals surface area contributed by atoms with Crippen LogP contribution in [-0.2, 0) is 14.4 Å². The molecule has 0 aromatic heterocycles. The monoisotopic (exact) mass is 468 g/mol. The standard InChI is InChI=1S/C30H44O4/c1-25(2)21-8-11-30(7)23(28(21,5)10-9-22(25)32)20(31)16-18-19-17-27(4,24(33)34)13-12-26(19,3)14-15-29(18,30)6/h16,19,21,23H,8-15,17H2,1-7H3,(H,33,34)/t19-,21+,23-,26-,27+,28-,29+,30-/m1/s1. The summed E-state index contributed by atoms with van der Waals surface area (Å²) < 4.78 is 0. The van der Waals surface area contributed by atoms with Crippen LogP contribution in [0, 0.1) is 50.2 Å². The van der Waals surface area contributed by atoms with Crippen molar-refractivity contribution in [2.45, 2.75) is 106 Å². The van der Waals surface area contributed by atoms with E-state index in [2.05, 4.69) is 41.5 Å². The summed E-state index contributed by atoms with van der Waals surface area (Å²) >= 11 is 0. The van der Waals surface area contributed by atoms with Crippen LogP contribution in [0.3, 0.4) is 0 Å². The number of hydrogen-bond acceptors (Lipinski definition) is 3. The molecule has 5 aliphatic carbocycles. The van der Waals surface area contributed by atoms with E-state index in [1.165, 1.54) is 5.57 Å². The number of aliphatic carboxylic acids is 1. The number of fused-ring (bicyclic) bond motifs is 7. The SMILES string of the molecule is CC1(C)C(=O)CC[C@@]2(C)[C@H]3C(=O)C=C4[C@H]5C[C@@](C)(C(=O)O)CC[C@]5(C)CC[C@]4(C)[C@]3(C)CC[C@@H]12. The van der Waals surface area contributed by atoms with Gasteiger partial charge in [-0.05, 0) is 97.9 Å². The number of ketones is 2. The zero-order valence-corrected chi connectivity index (χ0v) is 22.3. The molecule has 4 nitrogen and oxygen atoms in total. The highest BCUT2D eigenvalue weighted by Crippen LogP contribution is 2.74. The van der Waals surface area contributed by atoms with Gasteiger partial charge in [0.2, 0.25) is 0 Å². The van der Waals surface area contributed by atoms with Gasteiger partial charge in [0, 0.05) is 17.8 Å². The minimum atomic E-state index is -0.721. The van der Waals surface area contributed by atoms with E-state index in [-0.39, 0.29) is 50.6 Å². The van der Waals surface area contributed by atoms with Crippen molar-refractivity contribution < 1.29 is 19.5 Å². The van der Waals surface area contributed by atoms with Crippen molar-refractivity contribution >= 4 is 17.5 Å². The molecule has 0 aromatic carbocycles. The zero-order chi connectivity index (χ0) is 25.1. The number of rotatable bonds is 1. The Morgan fingerprint density at radius 3 is 2.21 bits per heavy atom. The summed E-state index contributed by atoms with van der Waals surface area (Å²) in [6, 6.07) is 0. The fourth-order valence-electron chi connectivity index (χ4n) is 10.2. The first-order valence-electron chi connectivity index (χ1n) is 13.6. The van der Waals surface area contributed by atoms with E-state index in [1.807, 2.05) is 13.0 Å². The fraction of sp³-hybridized carbons (Fsp3) is 0.833. The molecule has 8 atom stereocenters. The fourth-order valence-corrected chi connectivity index (χ4v) is 10.2. The summed E-state index contributed by atoms with van der Waals surface area (Å²) in [6.45, 7) is 15.5. The summed E-state index contributed by atoms with van der Waals surface area (Å²) in [5, 5.41) is 10.0. The van der Waals surface area contributed by atoms with Gasteiger partial charge in [0.15, 0.2) is 5.78 Å². The average Bonchev–Trinajstić information content (AvgIpc) is 2.73. The summed E-state index contributed by atoms with van der Waals surface area (Å²) in [4.78, 5) is 39.3. The van der Waals surface area contributed by atoms with Crippen LogP contribution < -0.4 is 0 Å². The van der Waals surface area contributed by atoms with E-state index in [4.69, 9.17) is 0 Å². The molecule has 0 saturated heterocycles. The molecule has 0 aromatic rings. The predicted octanol–water partition coefficient (Wildman–Crippen LogP) is 6.62. The lowest BCUT2D eigenvalue weighted by Crippen LogP contribution is -2.66. The number of carbonyl (C=O) groups excluding carboxylic acids is 2. The normalized spacial score (nSPS) is 52.0. The van der Waals surface area contributed by atoms with Crippen molar-refractivity contribution in [1.82, 2.24) is 0 Å². The lowest BCUT2D eigenvalue weighted by molar-refractivity contribution is -0.188. The molecular formula is C30H44O4. The molecule has 0 amide bonds. The topological polar surface area (TPSA) is 71.4 Å². The maximum atomic E-state index is 14.2. The molecular weight excluding hydrogens is 424 g/mol. The van der Waals surface area contributed by atoms with Gasteiger partial charge in [-0.15, -0.1) is 0 Å². The predicted molar refractivity (Wildman–Crippen MR) is 132 cm³/mol. The van der Waals surface area contributed by atoms with Crippen molar-refractivity contribution in [3.8, 4) is 0 Å². The number of carboxylic acid groups (broad SMARTS) is 1. The van der Waals surface area contributed by atoms with Gasteiger partial charge in [0.05, 0.1) is 5.41 Å². The van der Waals surface area contributed by atoms with Crippen molar-refractivity contribution in [2.24, 2.45) is 50.2 Å².